The van der Waals surface area contributed by atoms with E-state index in [1.807, 2.05) is 13.1 Å². The Morgan fingerprint density at radius 2 is 2.33 bits per heavy atom. The van der Waals surface area contributed by atoms with E-state index in [0.29, 0.717) is 12.5 Å². The highest BCUT2D eigenvalue weighted by molar-refractivity contribution is 7.11. The number of hydrogen-bond donors (Lipinski definition) is 2. The van der Waals surface area contributed by atoms with Gasteiger partial charge in [0.25, 0.3) is 0 Å². The van der Waals surface area contributed by atoms with E-state index in [1.165, 1.54) is 19.3 Å². The number of nitrogens with one attached hydrogen (secondary N) is 2. The molecule has 2 heterocycles. The number of carbonyl (C=O) groups excluding carboxylic acids is 1. The Morgan fingerprint density at radius 3 is 3.05 bits per heavy atom. The SMILES string of the molecule is Cc1ncc(CNC(=O)[C@@]23CCCC[C@H]2CNC3)s1.Cl.Cl. The molecule has 2 N–H and O–H groups in total. The molecule has 4 nitrogen and oxygen atoms in total. The Kier molecular flexibility index (Phi) is 6.91. The van der Waals surface area contributed by atoms with Gasteiger partial charge in [0.05, 0.1) is 17.0 Å². The molecule has 1 saturated heterocycles. The van der Waals surface area contributed by atoms with Crippen molar-refractivity contribution >= 4 is 42.1 Å². The summed E-state index contributed by atoms with van der Waals surface area (Å²) in [6, 6.07) is 0. The number of hydrogen-bond acceptors (Lipinski definition) is 4. The van der Waals surface area contributed by atoms with Gasteiger partial charge < -0.3 is 10.6 Å². The van der Waals surface area contributed by atoms with E-state index in [1.54, 1.807) is 11.3 Å². The van der Waals surface area contributed by atoms with Crippen molar-refractivity contribution in [2.24, 2.45) is 11.3 Å². The van der Waals surface area contributed by atoms with Gasteiger partial charge in [-0.2, -0.15) is 0 Å². The van der Waals surface area contributed by atoms with Crippen LogP contribution >= 0.6 is 36.2 Å². The van der Waals surface area contributed by atoms with Gasteiger partial charge in [-0.15, -0.1) is 36.2 Å². The second-order valence-electron chi connectivity index (χ2n) is 5.76. The summed E-state index contributed by atoms with van der Waals surface area (Å²) in [5.74, 6) is 0.776. The first-order valence-electron chi connectivity index (χ1n) is 7.11. The summed E-state index contributed by atoms with van der Waals surface area (Å²) in [5.41, 5.74) is -0.141. The fourth-order valence-electron chi connectivity index (χ4n) is 3.52. The summed E-state index contributed by atoms with van der Waals surface area (Å²) in [7, 11) is 0. The van der Waals surface area contributed by atoms with Gasteiger partial charge in [-0.3, -0.25) is 4.79 Å². The van der Waals surface area contributed by atoms with Gasteiger partial charge in [0, 0.05) is 17.6 Å². The van der Waals surface area contributed by atoms with Crippen LogP contribution in [0.2, 0.25) is 0 Å². The number of carbonyl (C=O) groups is 1. The van der Waals surface area contributed by atoms with Gasteiger partial charge in [0.2, 0.25) is 5.91 Å². The van der Waals surface area contributed by atoms with Crippen LogP contribution in [0, 0.1) is 18.3 Å². The van der Waals surface area contributed by atoms with Crippen molar-refractivity contribution in [1.82, 2.24) is 15.6 Å². The standard InChI is InChI=1S/C14H21N3OS.2ClH/c1-10-16-7-12(19-10)8-17-13(18)14-5-3-2-4-11(14)6-15-9-14;;/h7,11,15H,2-6,8-9H2,1H3,(H,17,18);2*1H/t11-,14+;;/m0../s1. The van der Waals surface area contributed by atoms with Gasteiger partial charge in [0.15, 0.2) is 0 Å². The van der Waals surface area contributed by atoms with Crippen LogP contribution in [0.15, 0.2) is 6.20 Å². The molecule has 2 fully saturated rings. The monoisotopic (exact) mass is 351 g/mol. The van der Waals surface area contributed by atoms with Crippen molar-refractivity contribution < 1.29 is 4.79 Å². The summed E-state index contributed by atoms with van der Waals surface area (Å²) in [4.78, 5) is 18.0. The molecule has 1 aromatic rings. The van der Waals surface area contributed by atoms with Crippen molar-refractivity contribution in [3.05, 3.63) is 16.1 Å². The quantitative estimate of drug-likeness (QED) is 0.880. The summed E-state index contributed by atoms with van der Waals surface area (Å²) in [5, 5.41) is 7.61. The zero-order valence-electron chi connectivity index (χ0n) is 12.2. The maximum atomic E-state index is 12.6. The highest BCUT2D eigenvalue weighted by Gasteiger charge is 2.49. The second-order valence-corrected chi connectivity index (χ2v) is 7.08. The summed E-state index contributed by atoms with van der Waals surface area (Å²) in [6.45, 7) is 4.48. The number of aryl methyl sites for hydroxylation is 1. The van der Waals surface area contributed by atoms with E-state index in [0.717, 1.165) is 29.4 Å². The van der Waals surface area contributed by atoms with Crippen LogP contribution in [-0.4, -0.2) is 24.0 Å². The third-order valence-electron chi connectivity index (χ3n) is 4.58. The lowest BCUT2D eigenvalue weighted by Gasteiger charge is -2.37. The molecule has 2 aliphatic rings. The van der Waals surface area contributed by atoms with Crippen molar-refractivity contribution in [2.45, 2.75) is 39.2 Å². The van der Waals surface area contributed by atoms with Gasteiger partial charge in [-0.25, -0.2) is 4.98 Å². The van der Waals surface area contributed by atoms with E-state index in [4.69, 9.17) is 0 Å². The largest absolute Gasteiger partial charge is 0.351 e. The minimum absolute atomic E-state index is 0. The van der Waals surface area contributed by atoms with E-state index in [2.05, 4.69) is 15.6 Å². The molecule has 7 heteroatoms. The lowest BCUT2D eigenvalue weighted by molar-refractivity contribution is -0.134. The fourth-order valence-corrected chi connectivity index (χ4v) is 4.26. The fraction of sp³-hybridized carbons (Fsp3) is 0.714. The van der Waals surface area contributed by atoms with Gasteiger partial charge in [-0.1, -0.05) is 12.8 Å². The molecule has 3 rings (SSSR count). The number of halogens is 2. The summed E-state index contributed by atoms with van der Waals surface area (Å²) in [6.07, 6.45) is 6.56. The lowest BCUT2D eigenvalue weighted by atomic mass is 9.67. The predicted octanol–water partition coefficient (Wildman–Crippen LogP) is 2.69. The molecule has 120 valence electrons. The highest BCUT2D eigenvalue weighted by atomic mass is 35.5. The van der Waals surface area contributed by atoms with Crippen molar-refractivity contribution in [3.63, 3.8) is 0 Å². The first-order chi connectivity index (χ1) is 9.21. The van der Waals surface area contributed by atoms with Crippen molar-refractivity contribution in [2.75, 3.05) is 13.1 Å². The number of fused-ring (bicyclic) bond motifs is 1. The molecule has 0 aromatic carbocycles. The van der Waals surface area contributed by atoms with Crippen LogP contribution in [0.5, 0.6) is 0 Å². The Bertz CT molecular complexity index is 483. The van der Waals surface area contributed by atoms with E-state index < -0.39 is 0 Å². The van der Waals surface area contributed by atoms with Crippen LogP contribution in [0.4, 0.5) is 0 Å². The summed E-state index contributed by atoms with van der Waals surface area (Å²) < 4.78 is 0. The number of aromatic nitrogens is 1. The molecule has 0 unspecified atom stereocenters. The predicted molar refractivity (Wildman–Crippen MR) is 90.5 cm³/mol. The molecule has 1 aromatic heterocycles. The molecular formula is C14H23Cl2N3OS. The number of nitrogens with zero attached hydrogens (tertiary/aromatic N) is 1. The van der Waals surface area contributed by atoms with Crippen molar-refractivity contribution in [1.29, 1.82) is 0 Å². The first-order valence-corrected chi connectivity index (χ1v) is 7.93. The lowest BCUT2D eigenvalue weighted by Crippen LogP contribution is -2.47. The van der Waals surface area contributed by atoms with Crippen LogP contribution in [-0.2, 0) is 11.3 Å². The van der Waals surface area contributed by atoms with Crippen LogP contribution in [0.25, 0.3) is 0 Å². The maximum Gasteiger partial charge on any atom is 0.228 e. The molecule has 2 atom stereocenters. The molecular weight excluding hydrogens is 329 g/mol. The average molecular weight is 352 g/mol. The minimum atomic E-state index is -0.141. The molecule has 0 bridgehead atoms. The van der Waals surface area contributed by atoms with Gasteiger partial charge in [0.1, 0.15) is 0 Å². The van der Waals surface area contributed by atoms with E-state index in [9.17, 15) is 4.79 Å². The average Bonchev–Trinajstić information content (AvgIpc) is 3.02. The molecule has 1 saturated carbocycles. The highest BCUT2D eigenvalue weighted by Crippen LogP contribution is 2.43. The van der Waals surface area contributed by atoms with E-state index >= 15 is 0 Å². The zero-order chi connectivity index (χ0) is 13.3. The summed E-state index contributed by atoms with van der Waals surface area (Å²) >= 11 is 1.66. The Balaban J connectivity index is 0.00000110. The van der Waals surface area contributed by atoms with E-state index in [-0.39, 0.29) is 36.1 Å². The third kappa shape index (κ3) is 3.70. The number of thiazole rings is 1. The molecule has 0 radical (unpaired) electrons. The number of amides is 1. The minimum Gasteiger partial charge on any atom is -0.351 e. The third-order valence-corrected chi connectivity index (χ3v) is 5.50. The molecule has 21 heavy (non-hydrogen) atoms. The zero-order valence-corrected chi connectivity index (χ0v) is 14.6. The molecule has 1 aliphatic carbocycles. The molecule has 1 amide bonds. The molecule has 1 aliphatic heterocycles. The first kappa shape index (κ1) is 18.7. The Hall–Kier alpha value is -0.360. The topological polar surface area (TPSA) is 54.0 Å². The second kappa shape index (κ2) is 7.77. The normalized spacial score (nSPS) is 27.2. The van der Waals surface area contributed by atoms with Gasteiger partial charge >= 0.3 is 0 Å². The Labute approximate surface area is 142 Å². The molecule has 0 spiro atoms. The van der Waals surface area contributed by atoms with Crippen LogP contribution in [0.1, 0.15) is 35.6 Å². The smallest absolute Gasteiger partial charge is 0.228 e. The van der Waals surface area contributed by atoms with Crippen molar-refractivity contribution in [3.8, 4) is 0 Å². The number of rotatable bonds is 3. The van der Waals surface area contributed by atoms with Crippen LogP contribution < -0.4 is 10.6 Å². The van der Waals surface area contributed by atoms with Gasteiger partial charge in [-0.05, 0) is 32.2 Å². The Morgan fingerprint density at radius 1 is 1.52 bits per heavy atom. The maximum absolute atomic E-state index is 12.6. The van der Waals surface area contributed by atoms with Crippen LogP contribution in [0.3, 0.4) is 0 Å².